The van der Waals surface area contributed by atoms with Crippen molar-refractivity contribution in [1.82, 2.24) is 9.62 Å². The number of hydrogen-bond donors (Lipinski definition) is 1. The van der Waals surface area contributed by atoms with Crippen LogP contribution in [0.5, 0.6) is 0 Å². The summed E-state index contributed by atoms with van der Waals surface area (Å²) in [6.45, 7) is 1.79. The van der Waals surface area contributed by atoms with E-state index in [0.717, 1.165) is 9.87 Å². The first kappa shape index (κ1) is 19.7. The molecule has 0 aromatic heterocycles. The summed E-state index contributed by atoms with van der Waals surface area (Å²) in [5, 5.41) is 3.76. The van der Waals surface area contributed by atoms with Crippen molar-refractivity contribution >= 4 is 39.1 Å². The molecule has 0 saturated heterocycles. The molecule has 2 aromatic carbocycles. The number of nitrogens with one attached hydrogen (secondary N) is 1. The summed E-state index contributed by atoms with van der Waals surface area (Å²) in [4.78, 5) is 12.5. The molecule has 5 nitrogen and oxygen atoms in total. The predicted molar refractivity (Wildman–Crippen MR) is 99.7 cm³/mol. The van der Waals surface area contributed by atoms with Crippen LogP contribution in [-0.4, -0.2) is 32.7 Å². The van der Waals surface area contributed by atoms with E-state index in [1.165, 1.54) is 32.3 Å². The van der Waals surface area contributed by atoms with Gasteiger partial charge in [-0.2, -0.15) is 0 Å². The summed E-state index contributed by atoms with van der Waals surface area (Å²) in [5.41, 5.74) is 0.969. The van der Waals surface area contributed by atoms with Gasteiger partial charge in [0.2, 0.25) is 10.0 Å². The van der Waals surface area contributed by atoms with Gasteiger partial charge in [0.1, 0.15) is 0 Å². The highest BCUT2D eigenvalue weighted by molar-refractivity contribution is 7.89. The summed E-state index contributed by atoms with van der Waals surface area (Å²) < 4.78 is 25.5. The van der Waals surface area contributed by atoms with Crippen LogP contribution in [0.15, 0.2) is 47.4 Å². The minimum Gasteiger partial charge on any atom is -0.345 e. The van der Waals surface area contributed by atoms with Crippen molar-refractivity contribution in [3.8, 4) is 0 Å². The third-order valence-corrected chi connectivity index (χ3v) is 6.02. The number of sulfonamides is 1. The van der Waals surface area contributed by atoms with Gasteiger partial charge in [0.15, 0.2) is 0 Å². The number of rotatable bonds is 5. The van der Waals surface area contributed by atoms with E-state index >= 15 is 0 Å². The fourth-order valence-corrected chi connectivity index (χ4v) is 3.74. The van der Waals surface area contributed by atoms with Crippen LogP contribution in [0.1, 0.15) is 28.9 Å². The molecule has 1 amide bonds. The van der Waals surface area contributed by atoms with E-state index in [1.54, 1.807) is 31.2 Å². The zero-order valence-electron chi connectivity index (χ0n) is 14.0. The SMILES string of the molecule is C[C@@H](NC(=O)c1cccc(S(=O)(=O)N(C)C)c1)c1ccc(Cl)cc1Cl. The second-order valence-electron chi connectivity index (χ2n) is 5.68. The third kappa shape index (κ3) is 4.52. The van der Waals surface area contributed by atoms with Crippen molar-refractivity contribution < 1.29 is 13.2 Å². The van der Waals surface area contributed by atoms with Crippen LogP contribution in [0.3, 0.4) is 0 Å². The monoisotopic (exact) mass is 400 g/mol. The van der Waals surface area contributed by atoms with Crippen LogP contribution in [0.4, 0.5) is 0 Å². The van der Waals surface area contributed by atoms with E-state index in [1.807, 2.05) is 0 Å². The van der Waals surface area contributed by atoms with Gasteiger partial charge in [0.25, 0.3) is 5.91 Å². The number of halogens is 2. The fourth-order valence-electron chi connectivity index (χ4n) is 2.22. The van der Waals surface area contributed by atoms with Gasteiger partial charge in [-0.15, -0.1) is 0 Å². The molecule has 8 heteroatoms. The Hall–Kier alpha value is -1.60. The first-order valence-electron chi connectivity index (χ1n) is 7.41. The largest absolute Gasteiger partial charge is 0.345 e. The Bertz CT molecular complexity index is 899. The highest BCUT2D eigenvalue weighted by atomic mass is 35.5. The maximum atomic E-state index is 12.5. The van der Waals surface area contributed by atoms with Crippen LogP contribution >= 0.6 is 23.2 Å². The lowest BCUT2D eigenvalue weighted by atomic mass is 10.1. The molecule has 2 rings (SSSR count). The standard InChI is InChI=1S/C17H18Cl2N2O3S/c1-11(15-8-7-13(18)10-16(15)19)20-17(22)12-5-4-6-14(9-12)25(23,24)21(2)3/h4-11H,1-3H3,(H,20,22)/t11-/m1/s1. The van der Waals surface area contributed by atoms with Crippen LogP contribution in [-0.2, 0) is 10.0 Å². The quantitative estimate of drug-likeness (QED) is 0.830. The summed E-state index contributed by atoms with van der Waals surface area (Å²) >= 11 is 12.0. The van der Waals surface area contributed by atoms with Crippen LogP contribution in [0, 0.1) is 0 Å². The normalized spacial score (nSPS) is 12.9. The second kappa shape index (κ2) is 7.74. The molecule has 25 heavy (non-hydrogen) atoms. The van der Waals surface area contributed by atoms with Crippen LogP contribution < -0.4 is 5.32 Å². The van der Waals surface area contributed by atoms with Gasteiger partial charge in [-0.1, -0.05) is 35.3 Å². The maximum Gasteiger partial charge on any atom is 0.251 e. The zero-order chi connectivity index (χ0) is 18.8. The fraction of sp³-hybridized carbons (Fsp3) is 0.235. The number of amides is 1. The van der Waals surface area contributed by atoms with E-state index < -0.39 is 15.9 Å². The molecular weight excluding hydrogens is 383 g/mol. The molecule has 0 unspecified atom stereocenters. The number of benzene rings is 2. The van der Waals surface area contributed by atoms with E-state index in [2.05, 4.69) is 5.32 Å². The molecular formula is C17H18Cl2N2O3S. The molecule has 0 spiro atoms. The van der Waals surface area contributed by atoms with Crippen molar-refractivity contribution in [2.75, 3.05) is 14.1 Å². The Morgan fingerprint density at radius 2 is 1.80 bits per heavy atom. The van der Waals surface area contributed by atoms with Gasteiger partial charge in [-0.3, -0.25) is 4.79 Å². The number of carbonyl (C=O) groups excluding carboxylic acids is 1. The topological polar surface area (TPSA) is 66.5 Å². The number of carbonyl (C=O) groups is 1. The number of nitrogens with zero attached hydrogens (tertiary/aromatic N) is 1. The first-order chi connectivity index (χ1) is 11.6. The molecule has 0 aliphatic heterocycles. The van der Waals surface area contributed by atoms with E-state index in [9.17, 15) is 13.2 Å². The average Bonchev–Trinajstić information content (AvgIpc) is 2.54. The molecule has 0 radical (unpaired) electrons. The summed E-state index contributed by atoms with van der Waals surface area (Å²) in [7, 11) is -0.733. The van der Waals surface area contributed by atoms with Crippen molar-refractivity contribution in [3.63, 3.8) is 0 Å². The van der Waals surface area contributed by atoms with Crippen LogP contribution in [0.25, 0.3) is 0 Å². The van der Waals surface area contributed by atoms with Gasteiger partial charge in [0, 0.05) is 29.7 Å². The first-order valence-corrected chi connectivity index (χ1v) is 9.61. The Balaban J connectivity index is 2.24. The molecule has 2 aromatic rings. The Morgan fingerprint density at radius 3 is 2.40 bits per heavy atom. The molecule has 0 aliphatic rings. The minimum atomic E-state index is -3.61. The third-order valence-electron chi connectivity index (χ3n) is 3.65. The van der Waals surface area contributed by atoms with Crippen molar-refractivity contribution in [1.29, 1.82) is 0 Å². The molecule has 0 bridgehead atoms. The molecule has 0 aliphatic carbocycles. The lowest BCUT2D eigenvalue weighted by Gasteiger charge is -2.17. The second-order valence-corrected chi connectivity index (χ2v) is 8.67. The summed E-state index contributed by atoms with van der Waals surface area (Å²) in [6, 6.07) is 10.5. The van der Waals surface area contributed by atoms with Crippen LogP contribution in [0.2, 0.25) is 10.0 Å². The summed E-state index contributed by atoms with van der Waals surface area (Å²) in [6.07, 6.45) is 0. The van der Waals surface area contributed by atoms with Gasteiger partial charge in [-0.25, -0.2) is 12.7 Å². The van der Waals surface area contributed by atoms with Gasteiger partial charge in [0.05, 0.1) is 10.9 Å². The van der Waals surface area contributed by atoms with Gasteiger partial charge < -0.3 is 5.32 Å². The highest BCUT2D eigenvalue weighted by Gasteiger charge is 2.20. The molecule has 1 atom stereocenters. The van der Waals surface area contributed by atoms with Gasteiger partial charge >= 0.3 is 0 Å². The Labute approximate surface area is 157 Å². The van der Waals surface area contributed by atoms with E-state index in [-0.39, 0.29) is 16.5 Å². The molecule has 0 saturated carbocycles. The highest BCUT2D eigenvalue weighted by Crippen LogP contribution is 2.26. The Kier molecular flexibility index (Phi) is 6.11. The van der Waals surface area contributed by atoms with E-state index in [0.29, 0.717) is 10.0 Å². The van der Waals surface area contributed by atoms with Gasteiger partial charge in [-0.05, 0) is 42.8 Å². The molecule has 0 heterocycles. The number of hydrogen-bond acceptors (Lipinski definition) is 3. The zero-order valence-corrected chi connectivity index (χ0v) is 16.3. The van der Waals surface area contributed by atoms with E-state index in [4.69, 9.17) is 23.2 Å². The molecule has 134 valence electrons. The van der Waals surface area contributed by atoms with Crippen molar-refractivity contribution in [2.45, 2.75) is 17.9 Å². The predicted octanol–water partition coefficient (Wildman–Crippen LogP) is 3.73. The molecule has 0 fully saturated rings. The molecule has 1 N–H and O–H groups in total. The average molecular weight is 401 g/mol. The minimum absolute atomic E-state index is 0.0577. The Morgan fingerprint density at radius 1 is 1.12 bits per heavy atom. The lowest BCUT2D eigenvalue weighted by Crippen LogP contribution is -2.27. The smallest absolute Gasteiger partial charge is 0.251 e. The summed E-state index contributed by atoms with van der Waals surface area (Å²) in [5.74, 6) is -0.394. The lowest BCUT2D eigenvalue weighted by molar-refractivity contribution is 0.0939. The van der Waals surface area contributed by atoms with Crippen molar-refractivity contribution in [2.24, 2.45) is 0 Å². The van der Waals surface area contributed by atoms with Crippen molar-refractivity contribution in [3.05, 3.63) is 63.6 Å². The maximum absolute atomic E-state index is 12.5.